The van der Waals surface area contributed by atoms with Gasteiger partial charge in [-0.2, -0.15) is 4.31 Å². The van der Waals surface area contributed by atoms with Crippen LogP contribution in [0.3, 0.4) is 0 Å². The fraction of sp³-hybridized carbons (Fsp3) is 0.381. The number of piperidine rings is 1. The molecule has 0 aliphatic carbocycles. The Bertz CT molecular complexity index is 1070. The standard InChI is InChI=1S/C21H23ClFNO6S/c1-21(2)10-15(25)11-24(19(21)20(26)27)31(28,29)17-6-4-16(5-7-17)30-12-13-9-14(22)3-8-18(13)23/h3-9,15,19,25H,10-12H2,1-2H3,(H,26,27). The van der Waals surface area contributed by atoms with Crippen LogP contribution in [0.1, 0.15) is 25.8 Å². The molecular weight excluding hydrogens is 449 g/mol. The number of benzene rings is 2. The number of aliphatic carboxylic acids is 1. The lowest BCUT2D eigenvalue weighted by molar-refractivity contribution is -0.149. The van der Waals surface area contributed by atoms with Gasteiger partial charge in [0.05, 0.1) is 11.0 Å². The fourth-order valence-electron chi connectivity index (χ4n) is 3.84. The molecule has 1 heterocycles. The summed E-state index contributed by atoms with van der Waals surface area (Å²) < 4.78 is 46.5. The van der Waals surface area contributed by atoms with Gasteiger partial charge < -0.3 is 14.9 Å². The SMILES string of the molecule is CC1(C)CC(O)CN(S(=O)(=O)c2ccc(OCc3cc(Cl)ccc3F)cc2)C1C(=O)O. The first-order valence-corrected chi connectivity index (χ1v) is 11.3. The molecule has 1 aliphatic rings. The molecule has 2 unspecified atom stereocenters. The van der Waals surface area contributed by atoms with Crippen LogP contribution in [0, 0.1) is 11.2 Å². The summed E-state index contributed by atoms with van der Waals surface area (Å²) in [6, 6.07) is 8.13. The molecule has 0 bridgehead atoms. The second-order valence-corrected chi connectivity index (χ2v) is 10.5. The molecular formula is C21H23ClFNO6S. The zero-order chi connectivity index (χ0) is 23.0. The van der Waals surface area contributed by atoms with Crippen LogP contribution in [0.2, 0.25) is 5.02 Å². The number of nitrogens with zero attached hydrogens (tertiary/aromatic N) is 1. The summed E-state index contributed by atoms with van der Waals surface area (Å²) in [6.07, 6.45) is -0.807. The number of carboxylic acid groups (broad SMARTS) is 1. The normalized spacial score (nSPS) is 21.6. The van der Waals surface area contributed by atoms with Gasteiger partial charge >= 0.3 is 5.97 Å². The van der Waals surface area contributed by atoms with Crippen molar-refractivity contribution in [1.82, 2.24) is 4.31 Å². The van der Waals surface area contributed by atoms with E-state index in [1.807, 2.05) is 0 Å². The van der Waals surface area contributed by atoms with E-state index in [1.54, 1.807) is 13.8 Å². The molecule has 2 atom stereocenters. The van der Waals surface area contributed by atoms with Crippen molar-refractivity contribution < 1.29 is 32.6 Å². The van der Waals surface area contributed by atoms with Gasteiger partial charge in [0.15, 0.2) is 0 Å². The molecule has 0 saturated carbocycles. The average molecular weight is 472 g/mol. The number of rotatable bonds is 6. The van der Waals surface area contributed by atoms with Gasteiger partial charge in [-0.1, -0.05) is 25.4 Å². The van der Waals surface area contributed by atoms with Gasteiger partial charge in [0.25, 0.3) is 0 Å². The van der Waals surface area contributed by atoms with E-state index in [2.05, 4.69) is 0 Å². The third-order valence-electron chi connectivity index (χ3n) is 5.25. The summed E-state index contributed by atoms with van der Waals surface area (Å²) in [7, 11) is -4.20. The largest absolute Gasteiger partial charge is 0.489 e. The number of aliphatic hydroxyl groups is 1. The van der Waals surface area contributed by atoms with Crippen molar-refractivity contribution in [3.8, 4) is 5.75 Å². The van der Waals surface area contributed by atoms with Crippen LogP contribution >= 0.6 is 11.6 Å². The molecule has 0 aromatic heterocycles. The molecule has 0 amide bonds. The lowest BCUT2D eigenvalue weighted by atomic mass is 9.76. The number of ether oxygens (including phenoxy) is 1. The Hall–Kier alpha value is -2.20. The molecule has 1 aliphatic heterocycles. The summed E-state index contributed by atoms with van der Waals surface area (Å²) in [5, 5.41) is 20.1. The number of hydrogen-bond donors (Lipinski definition) is 2. The van der Waals surface area contributed by atoms with Crippen molar-refractivity contribution >= 4 is 27.6 Å². The Kier molecular flexibility index (Phi) is 6.61. The molecule has 2 aromatic rings. The van der Waals surface area contributed by atoms with Gasteiger partial charge in [-0.3, -0.25) is 4.79 Å². The third-order valence-corrected chi connectivity index (χ3v) is 7.33. The van der Waals surface area contributed by atoms with Crippen molar-refractivity contribution in [3.63, 3.8) is 0 Å². The smallest absolute Gasteiger partial charge is 0.322 e. The van der Waals surface area contributed by atoms with E-state index < -0.39 is 39.4 Å². The van der Waals surface area contributed by atoms with Gasteiger partial charge in [0, 0.05) is 17.1 Å². The summed E-state index contributed by atoms with van der Waals surface area (Å²) in [5.41, 5.74) is -0.710. The highest BCUT2D eigenvalue weighted by Crippen LogP contribution is 2.38. The first-order valence-electron chi connectivity index (χ1n) is 9.51. The van der Waals surface area contributed by atoms with Crippen LogP contribution in [0.5, 0.6) is 5.75 Å². The number of aliphatic hydroxyl groups excluding tert-OH is 1. The van der Waals surface area contributed by atoms with E-state index in [0.717, 1.165) is 4.31 Å². The number of β-amino-alcohol motifs (C(OH)–C–C–N with tert-alkyl or cyclic N) is 1. The van der Waals surface area contributed by atoms with E-state index in [9.17, 15) is 27.8 Å². The minimum Gasteiger partial charge on any atom is -0.489 e. The summed E-state index contributed by atoms with van der Waals surface area (Å²) in [5.74, 6) is -1.45. The number of sulfonamides is 1. The minimum atomic E-state index is -4.20. The van der Waals surface area contributed by atoms with Crippen molar-refractivity contribution in [3.05, 3.63) is 58.9 Å². The van der Waals surface area contributed by atoms with Crippen LogP contribution in [0.25, 0.3) is 0 Å². The van der Waals surface area contributed by atoms with E-state index in [1.165, 1.54) is 42.5 Å². The van der Waals surface area contributed by atoms with E-state index in [4.69, 9.17) is 16.3 Å². The lowest BCUT2D eigenvalue weighted by Gasteiger charge is -2.44. The molecule has 168 valence electrons. The molecule has 0 radical (unpaired) electrons. The van der Waals surface area contributed by atoms with E-state index in [0.29, 0.717) is 10.8 Å². The van der Waals surface area contributed by atoms with Crippen molar-refractivity contribution in [2.24, 2.45) is 5.41 Å². The number of halogens is 2. The van der Waals surface area contributed by atoms with Crippen molar-refractivity contribution in [1.29, 1.82) is 0 Å². The van der Waals surface area contributed by atoms with Crippen LogP contribution in [-0.2, 0) is 21.4 Å². The Morgan fingerprint density at radius 2 is 1.90 bits per heavy atom. The monoisotopic (exact) mass is 471 g/mol. The summed E-state index contributed by atoms with van der Waals surface area (Å²) in [6.45, 7) is 2.81. The average Bonchev–Trinajstić information content (AvgIpc) is 2.67. The molecule has 2 N–H and O–H groups in total. The zero-order valence-corrected chi connectivity index (χ0v) is 18.5. The van der Waals surface area contributed by atoms with Crippen molar-refractivity contribution in [2.45, 2.75) is 43.9 Å². The Morgan fingerprint density at radius 3 is 2.52 bits per heavy atom. The van der Waals surface area contributed by atoms with Crippen molar-refractivity contribution in [2.75, 3.05) is 6.54 Å². The lowest BCUT2D eigenvalue weighted by Crippen LogP contribution is -2.59. The van der Waals surface area contributed by atoms with Gasteiger partial charge in [-0.15, -0.1) is 0 Å². The third kappa shape index (κ3) is 5.01. The van der Waals surface area contributed by atoms with E-state index >= 15 is 0 Å². The van der Waals surface area contributed by atoms with Gasteiger partial charge in [0.2, 0.25) is 10.0 Å². The predicted molar refractivity (Wildman–Crippen MR) is 112 cm³/mol. The molecule has 31 heavy (non-hydrogen) atoms. The quantitative estimate of drug-likeness (QED) is 0.670. The molecule has 7 nitrogen and oxygen atoms in total. The molecule has 1 fully saturated rings. The van der Waals surface area contributed by atoms with Gasteiger partial charge in [-0.05, 0) is 54.3 Å². The maximum absolute atomic E-state index is 13.8. The number of carbonyl (C=O) groups is 1. The molecule has 0 spiro atoms. The second kappa shape index (κ2) is 8.74. The molecule has 10 heteroatoms. The Morgan fingerprint density at radius 1 is 1.26 bits per heavy atom. The summed E-state index contributed by atoms with van der Waals surface area (Å²) >= 11 is 5.85. The predicted octanol–water partition coefficient (Wildman–Crippen LogP) is 3.29. The molecule has 3 rings (SSSR count). The van der Waals surface area contributed by atoms with Gasteiger partial charge in [0.1, 0.15) is 24.2 Å². The fourth-order valence-corrected chi connectivity index (χ4v) is 5.81. The molecule has 2 aromatic carbocycles. The Balaban J connectivity index is 1.81. The van der Waals surface area contributed by atoms with E-state index in [-0.39, 0.29) is 30.0 Å². The van der Waals surface area contributed by atoms with Crippen LogP contribution < -0.4 is 4.74 Å². The highest BCUT2D eigenvalue weighted by Gasteiger charge is 2.50. The zero-order valence-electron chi connectivity index (χ0n) is 17.0. The highest BCUT2D eigenvalue weighted by molar-refractivity contribution is 7.89. The van der Waals surface area contributed by atoms with Gasteiger partial charge in [-0.25, -0.2) is 12.8 Å². The maximum Gasteiger partial charge on any atom is 0.322 e. The van der Waals surface area contributed by atoms with Crippen LogP contribution in [0.15, 0.2) is 47.4 Å². The van der Waals surface area contributed by atoms with Crippen LogP contribution in [-0.4, -0.2) is 47.6 Å². The van der Waals surface area contributed by atoms with Crippen LogP contribution in [0.4, 0.5) is 4.39 Å². The summed E-state index contributed by atoms with van der Waals surface area (Å²) in [4.78, 5) is 11.7. The highest BCUT2D eigenvalue weighted by atomic mass is 35.5. The topological polar surface area (TPSA) is 104 Å². The Labute approximate surface area is 185 Å². The second-order valence-electron chi connectivity index (χ2n) is 8.16. The minimum absolute atomic E-state index is 0.105. The number of hydrogen-bond acceptors (Lipinski definition) is 5. The molecule has 1 saturated heterocycles. The maximum atomic E-state index is 13.8. The number of carboxylic acids is 1. The first-order chi connectivity index (χ1) is 14.4. The first kappa shape index (κ1) is 23.5.